The van der Waals surface area contributed by atoms with Gasteiger partial charge in [0.2, 0.25) is 5.91 Å². The van der Waals surface area contributed by atoms with Gasteiger partial charge in [-0.15, -0.1) is 11.3 Å². The minimum atomic E-state index is -0.767. The topological polar surface area (TPSA) is 129 Å². The van der Waals surface area contributed by atoms with Gasteiger partial charge in [-0.2, -0.15) is 0 Å². The first kappa shape index (κ1) is 40.3. The van der Waals surface area contributed by atoms with Gasteiger partial charge in [0.05, 0.1) is 6.04 Å². The van der Waals surface area contributed by atoms with Gasteiger partial charge in [-0.25, -0.2) is 4.98 Å². The quantitative estimate of drug-likeness (QED) is 0.190. The molecule has 2 N–H and O–H groups in total. The number of carbonyl (C=O) groups excluding carboxylic acids is 4. The van der Waals surface area contributed by atoms with E-state index in [0.29, 0.717) is 24.3 Å². The second-order valence-corrected chi connectivity index (χ2v) is 15.5. The van der Waals surface area contributed by atoms with E-state index < -0.39 is 18.0 Å². The van der Waals surface area contributed by atoms with Gasteiger partial charge >= 0.3 is 5.97 Å². The number of piperidine rings is 1. The molecule has 0 bridgehead atoms. The van der Waals surface area contributed by atoms with Crippen molar-refractivity contribution in [2.75, 3.05) is 27.2 Å². The summed E-state index contributed by atoms with van der Waals surface area (Å²) in [6.07, 6.45) is 3.86. The molecule has 272 valence electrons. The Bertz CT molecular complexity index is 1360. The highest BCUT2D eigenvalue weighted by atomic mass is 32.1. The average molecular weight is 699 g/mol. The molecule has 11 heteroatoms. The summed E-state index contributed by atoms with van der Waals surface area (Å²) in [4.78, 5) is 61.7. The first-order valence-corrected chi connectivity index (χ1v) is 18.7. The molecule has 2 aromatic rings. The number of hydrogen-bond donors (Lipinski definition) is 2. The maximum absolute atomic E-state index is 14.1. The minimum absolute atomic E-state index is 0.00281. The summed E-state index contributed by atoms with van der Waals surface area (Å²) in [6.45, 7) is 12.2. The number of aliphatic hydroxyl groups excluding tert-OH is 1. The van der Waals surface area contributed by atoms with E-state index in [1.807, 2.05) is 72.0 Å². The number of carbonyl (C=O) groups is 4. The molecule has 0 aliphatic carbocycles. The SMILES string of the molecule is CC(=O)O[C@H](C[C@H](C(C)C)N(C)C(=O)[C@@H](CC(=O)[C@H]1CCCCN1C)C(C)C)c1nc(C(=O)N[C@@H](Cc2ccccc2)C[C@@H](C)CO)cs1. The lowest BCUT2D eigenvalue weighted by Gasteiger charge is -2.37. The van der Waals surface area contributed by atoms with E-state index in [0.717, 1.165) is 31.4 Å². The molecule has 6 atom stereocenters. The zero-order valence-electron chi connectivity index (χ0n) is 30.7. The third-order valence-electron chi connectivity index (χ3n) is 9.75. The number of benzene rings is 1. The molecule has 0 radical (unpaired) electrons. The molecule has 2 amide bonds. The van der Waals surface area contributed by atoms with Crippen LogP contribution >= 0.6 is 11.3 Å². The number of aromatic nitrogens is 1. The standard InChI is InChI=1S/C38H58N4O6S/c1-24(2)30(20-34(45)32-16-12-13-17-41(32)7)38(47)42(8)33(25(3)4)21-35(48-27(6)44)37-40-31(23-49-37)36(46)39-29(18-26(5)22-43)19-28-14-10-9-11-15-28/h9-11,14-15,23-26,29-30,32-33,35,43H,12-13,16-22H2,1-8H3,(H,39,46)/t26-,29-,30+,32-,33-,35-/m1/s1. The smallest absolute Gasteiger partial charge is 0.303 e. The van der Waals surface area contributed by atoms with Crippen LogP contribution in [0.5, 0.6) is 0 Å². The van der Waals surface area contributed by atoms with Crippen LogP contribution in [0.25, 0.3) is 0 Å². The van der Waals surface area contributed by atoms with Crippen LogP contribution in [0.2, 0.25) is 0 Å². The van der Waals surface area contributed by atoms with Crippen LogP contribution < -0.4 is 5.32 Å². The molecule has 1 aliphatic rings. The van der Waals surface area contributed by atoms with Gasteiger partial charge in [-0.1, -0.05) is 71.4 Å². The summed E-state index contributed by atoms with van der Waals surface area (Å²) in [5, 5.41) is 14.9. The number of nitrogens with one attached hydrogen (secondary N) is 1. The van der Waals surface area contributed by atoms with E-state index in [1.165, 1.54) is 18.3 Å². The number of hydrogen-bond acceptors (Lipinski definition) is 9. The first-order chi connectivity index (χ1) is 23.2. The fourth-order valence-electron chi connectivity index (χ4n) is 6.82. The van der Waals surface area contributed by atoms with Crippen LogP contribution in [0.15, 0.2) is 35.7 Å². The zero-order chi connectivity index (χ0) is 36.2. The van der Waals surface area contributed by atoms with Crippen molar-refractivity contribution in [1.82, 2.24) is 20.1 Å². The molecule has 3 rings (SSSR count). The number of Topliss-reactive ketones (excluding diaryl/α,β-unsaturated/α-hetero) is 1. The van der Waals surface area contributed by atoms with Gasteiger partial charge in [0.25, 0.3) is 5.91 Å². The van der Waals surface area contributed by atoms with Gasteiger partial charge in [-0.3, -0.25) is 24.1 Å². The third-order valence-corrected chi connectivity index (χ3v) is 10.7. The van der Waals surface area contributed by atoms with E-state index in [-0.39, 0.29) is 72.2 Å². The number of rotatable bonds is 18. The van der Waals surface area contributed by atoms with Crippen molar-refractivity contribution in [3.63, 3.8) is 0 Å². The van der Waals surface area contributed by atoms with Gasteiger partial charge in [0.15, 0.2) is 11.9 Å². The summed E-state index contributed by atoms with van der Waals surface area (Å²) in [7, 11) is 3.75. The first-order valence-electron chi connectivity index (χ1n) is 17.8. The zero-order valence-corrected chi connectivity index (χ0v) is 31.5. The van der Waals surface area contributed by atoms with Crippen molar-refractivity contribution in [2.24, 2.45) is 23.7 Å². The molecule has 1 fully saturated rings. The number of likely N-dealkylation sites (tertiary alicyclic amines) is 1. The Labute approximate surface area is 297 Å². The van der Waals surface area contributed by atoms with E-state index >= 15 is 0 Å². The normalized spacial score (nSPS) is 18.4. The van der Waals surface area contributed by atoms with Crippen LogP contribution in [0.3, 0.4) is 0 Å². The van der Waals surface area contributed by atoms with Crippen LogP contribution in [-0.4, -0.2) is 88.8 Å². The summed E-state index contributed by atoms with van der Waals surface area (Å²) in [6, 6.07) is 9.21. The number of amides is 2. The van der Waals surface area contributed by atoms with Crippen molar-refractivity contribution in [3.8, 4) is 0 Å². The monoisotopic (exact) mass is 698 g/mol. The molecule has 0 spiro atoms. The molecule has 1 saturated heterocycles. The average Bonchev–Trinajstić information content (AvgIpc) is 3.55. The van der Waals surface area contributed by atoms with Gasteiger partial charge in [0.1, 0.15) is 10.7 Å². The number of ketones is 1. The Hall–Kier alpha value is -3.15. The molecular weight excluding hydrogens is 641 g/mol. The highest BCUT2D eigenvalue weighted by molar-refractivity contribution is 7.09. The molecule has 10 nitrogen and oxygen atoms in total. The highest BCUT2D eigenvalue weighted by Crippen LogP contribution is 2.32. The summed E-state index contributed by atoms with van der Waals surface area (Å²) < 4.78 is 5.78. The number of nitrogens with zero attached hydrogens (tertiary/aromatic N) is 3. The second kappa shape index (κ2) is 19.3. The lowest BCUT2D eigenvalue weighted by Crippen LogP contribution is -2.48. The van der Waals surface area contributed by atoms with Gasteiger partial charge < -0.3 is 20.1 Å². The Morgan fingerprint density at radius 3 is 2.35 bits per heavy atom. The number of aliphatic hydroxyl groups is 1. The van der Waals surface area contributed by atoms with Crippen molar-refractivity contribution in [2.45, 2.75) is 111 Å². The summed E-state index contributed by atoms with van der Waals surface area (Å²) in [5.74, 6) is -1.28. The number of likely N-dealkylation sites (N-methyl/N-ethyl adjacent to an activating group) is 1. The minimum Gasteiger partial charge on any atom is -0.455 e. The van der Waals surface area contributed by atoms with Crippen LogP contribution in [0.4, 0.5) is 0 Å². The molecule has 1 aromatic carbocycles. The van der Waals surface area contributed by atoms with E-state index in [1.54, 1.807) is 17.3 Å². The number of esters is 1. The Balaban J connectivity index is 1.78. The van der Waals surface area contributed by atoms with Crippen LogP contribution in [0.1, 0.15) is 107 Å². The molecule has 2 heterocycles. The Kier molecular flexibility index (Phi) is 15.9. The van der Waals surface area contributed by atoms with Crippen molar-refractivity contribution in [1.29, 1.82) is 0 Å². The molecule has 0 unspecified atom stereocenters. The molecule has 1 aliphatic heterocycles. The molecule has 1 aromatic heterocycles. The van der Waals surface area contributed by atoms with E-state index in [4.69, 9.17) is 4.74 Å². The fourth-order valence-corrected chi connectivity index (χ4v) is 7.65. The second-order valence-electron chi connectivity index (χ2n) is 14.6. The largest absolute Gasteiger partial charge is 0.455 e. The Morgan fingerprint density at radius 2 is 1.76 bits per heavy atom. The predicted molar refractivity (Wildman–Crippen MR) is 193 cm³/mol. The van der Waals surface area contributed by atoms with E-state index in [2.05, 4.69) is 15.2 Å². The maximum atomic E-state index is 14.1. The highest BCUT2D eigenvalue weighted by Gasteiger charge is 2.37. The predicted octanol–water partition coefficient (Wildman–Crippen LogP) is 5.70. The summed E-state index contributed by atoms with van der Waals surface area (Å²) >= 11 is 1.24. The Morgan fingerprint density at radius 1 is 1.06 bits per heavy atom. The van der Waals surface area contributed by atoms with Crippen LogP contribution in [0, 0.1) is 23.7 Å². The lowest BCUT2D eigenvalue weighted by molar-refractivity contribution is -0.149. The molecular formula is C38H58N4O6S. The summed E-state index contributed by atoms with van der Waals surface area (Å²) in [5.41, 5.74) is 1.30. The van der Waals surface area contributed by atoms with Gasteiger partial charge in [-0.05, 0) is 62.6 Å². The molecule has 49 heavy (non-hydrogen) atoms. The van der Waals surface area contributed by atoms with Gasteiger partial charge in [0, 0.05) is 56.8 Å². The van der Waals surface area contributed by atoms with Crippen molar-refractivity contribution < 1.29 is 29.0 Å². The van der Waals surface area contributed by atoms with Crippen molar-refractivity contribution >= 4 is 34.9 Å². The maximum Gasteiger partial charge on any atom is 0.303 e. The third kappa shape index (κ3) is 12.0. The molecule has 0 saturated carbocycles. The number of thiazole rings is 1. The lowest BCUT2D eigenvalue weighted by atomic mass is 9.84. The fraction of sp³-hybridized carbons (Fsp3) is 0.658. The van der Waals surface area contributed by atoms with Crippen molar-refractivity contribution in [3.05, 3.63) is 52.0 Å². The number of ether oxygens (including phenoxy) is 1. The van der Waals surface area contributed by atoms with Crippen LogP contribution in [-0.2, 0) is 25.5 Å². The van der Waals surface area contributed by atoms with E-state index in [9.17, 15) is 24.3 Å².